The molecule has 0 saturated heterocycles. The number of thioether (sulfide) groups is 1. The monoisotopic (exact) mass is 400 g/mol. The summed E-state index contributed by atoms with van der Waals surface area (Å²) in [7, 11) is 0. The number of hydrogen-bond acceptors (Lipinski definition) is 5. The number of rotatable bonds is 7. The van der Waals surface area contributed by atoms with E-state index in [0.29, 0.717) is 28.3 Å². The normalized spacial score (nSPS) is 10.6. The van der Waals surface area contributed by atoms with Gasteiger partial charge < -0.3 is 5.32 Å². The van der Waals surface area contributed by atoms with Crippen LogP contribution < -0.4 is 5.32 Å². The number of halogens is 1. The van der Waals surface area contributed by atoms with Gasteiger partial charge in [-0.15, -0.1) is 11.3 Å². The number of thiazole rings is 1. The third kappa shape index (κ3) is 5.48. The Morgan fingerprint density at radius 1 is 1.15 bits per heavy atom. The van der Waals surface area contributed by atoms with E-state index >= 15 is 0 Å². The molecule has 7 heteroatoms. The van der Waals surface area contributed by atoms with Crippen molar-refractivity contribution in [3.8, 4) is 0 Å². The zero-order chi connectivity index (χ0) is 19.2. The summed E-state index contributed by atoms with van der Waals surface area (Å²) in [5, 5.41) is 4.62. The standard InChI is InChI=1S/C20H17FN2O2S2/c1-13(24)14-6-8-16(9-7-14)22-19(25)10-17-12-27-20(23-17)26-11-15-4-2-3-5-18(15)21/h2-9,12H,10-11H2,1H3,(H,22,25). The van der Waals surface area contributed by atoms with Crippen molar-refractivity contribution in [2.24, 2.45) is 0 Å². The first-order valence-electron chi connectivity index (χ1n) is 8.23. The average Bonchev–Trinajstić information content (AvgIpc) is 3.08. The lowest BCUT2D eigenvalue weighted by Crippen LogP contribution is -2.14. The Morgan fingerprint density at radius 3 is 2.59 bits per heavy atom. The first-order chi connectivity index (χ1) is 13.0. The van der Waals surface area contributed by atoms with Crippen LogP contribution in [-0.2, 0) is 17.0 Å². The summed E-state index contributed by atoms with van der Waals surface area (Å²) in [5.74, 6) is 0.0724. The van der Waals surface area contributed by atoms with Gasteiger partial charge in [-0.2, -0.15) is 0 Å². The Balaban J connectivity index is 1.53. The first kappa shape index (κ1) is 19.3. The van der Waals surface area contributed by atoms with E-state index in [1.165, 1.54) is 36.1 Å². The molecule has 0 aliphatic heterocycles. The number of benzene rings is 2. The molecule has 0 aliphatic rings. The van der Waals surface area contributed by atoms with Crippen LogP contribution in [0.3, 0.4) is 0 Å². The molecular weight excluding hydrogens is 383 g/mol. The number of carbonyl (C=O) groups excluding carboxylic acids is 2. The van der Waals surface area contributed by atoms with E-state index in [1.807, 2.05) is 5.38 Å². The minimum Gasteiger partial charge on any atom is -0.326 e. The van der Waals surface area contributed by atoms with Crippen LogP contribution in [0.1, 0.15) is 28.5 Å². The van der Waals surface area contributed by atoms with Gasteiger partial charge in [-0.25, -0.2) is 9.37 Å². The van der Waals surface area contributed by atoms with Crippen molar-refractivity contribution < 1.29 is 14.0 Å². The van der Waals surface area contributed by atoms with Crippen LogP contribution in [0.15, 0.2) is 58.3 Å². The molecule has 0 spiro atoms. The highest BCUT2D eigenvalue weighted by Gasteiger charge is 2.10. The maximum Gasteiger partial charge on any atom is 0.230 e. The highest BCUT2D eigenvalue weighted by Crippen LogP contribution is 2.27. The van der Waals surface area contributed by atoms with E-state index in [-0.39, 0.29) is 23.9 Å². The van der Waals surface area contributed by atoms with E-state index in [4.69, 9.17) is 0 Å². The lowest BCUT2D eigenvalue weighted by Gasteiger charge is -2.04. The van der Waals surface area contributed by atoms with E-state index in [1.54, 1.807) is 42.5 Å². The quantitative estimate of drug-likeness (QED) is 0.450. The second kappa shape index (κ2) is 8.92. The van der Waals surface area contributed by atoms with E-state index in [0.717, 1.165) is 4.34 Å². The highest BCUT2D eigenvalue weighted by molar-refractivity contribution is 8.00. The minimum absolute atomic E-state index is 0.0178. The molecule has 1 amide bonds. The van der Waals surface area contributed by atoms with Crippen molar-refractivity contribution in [1.29, 1.82) is 0 Å². The number of Topliss-reactive ketones (excluding diaryl/α,β-unsaturated/α-hetero) is 1. The average molecular weight is 401 g/mol. The third-order valence-electron chi connectivity index (χ3n) is 3.76. The maximum atomic E-state index is 13.6. The minimum atomic E-state index is -0.225. The molecule has 1 aromatic heterocycles. The molecule has 27 heavy (non-hydrogen) atoms. The molecule has 1 N–H and O–H groups in total. The number of amides is 1. The number of nitrogens with one attached hydrogen (secondary N) is 1. The number of aromatic nitrogens is 1. The highest BCUT2D eigenvalue weighted by atomic mass is 32.2. The van der Waals surface area contributed by atoms with Crippen molar-refractivity contribution in [2.45, 2.75) is 23.4 Å². The predicted molar refractivity (Wildman–Crippen MR) is 107 cm³/mol. The van der Waals surface area contributed by atoms with Gasteiger partial charge in [-0.3, -0.25) is 9.59 Å². The lowest BCUT2D eigenvalue weighted by atomic mass is 10.1. The number of anilines is 1. The Bertz CT molecular complexity index is 955. The van der Waals surface area contributed by atoms with E-state index in [9.17, 15) is 14.0 Å². The zero-order valence-electron chi connectivity index (χ0n) is 14.6. The van der Waals surface area contributed by atoms with E-state index < -0.39 is 0 Å². The summed E-state index contributed by atoms with van der Waals surface area (Å²) in [6.07, 6.45) is 0.158. The van der Waals surface area contributed by atoms with Gasteiger partial charge in [0.25, 0.3) is 0 Å². The van der Waals surface area contributed by atoms with Crippen molar-refractivity contribution >= 4 is 40.5 Å². The fourth-order valence-corrected chi connectivity index (χ4v) is 4.18. The van der Waals surface area contributed by atoms with Gasteiger partial charge in [-0.05, 0) is 42.8 Å². The van der Waals surface area contributed by atoms with Gasteiger partial charge in [0.05, 0.1) is 12.1 Å². The Morgan fingerprint density at radius 2 is 1.89 bits per heavy atom. The zero-order valence-corrected chi connectivity index (χ0v) is 16.2. The predicted octanol–water partition coefficient (Wildman–Crippen LogP) is 4.96. The van der Waals surface area contributed by atoms with Gasteiger partial charge >= 0.3 is 0 Å². The Labute approximate surface area is 164 Å². The molecule has 0 saturated carbocycles. The molecule has 4 nitrogen and oxygen atoms in total. The largest absolute Gasteiger partial charge is 0.326 e. The molecule has 0 fully saturated rings. The summed E-state index contributed by atoms with van der Waals surface area (Å²) in [6, 6.07) is 13.4. The number of nitrogens with zero attached hydrogens (tertiary/aromatic N) is 1. The summed E-state index contributed by atoms with van der Waals surface area (Å²) in [5.41, 5.74) is 2.54. The fraction of sp³-hybridized carbons (Fsp3) is 0.150. The van der Waals surface area contributed by atoms with Crippen molar-refractivity contribution in [1.82, 2.24) is 4.98 Å². The van der Waals surface area contributed by atoms with Crippen LogP contribution in [0, 0.1) is 5.82 Å². The van der Waals surface area contributed by atoms with Crippen LogP contribution in [0.25, 0.3) is 0 Å². The number of carbonyl (C=O) groups is 2. The third-order valence-corrected chi connectivity index (χ3v) is 5.88. The van der Waals surface area contributed by atoms with Crippen LogP contribution in [-0.4, -0.2) is 16.7 Å². The SMILES string of the molecule is CC(=O)c1ccc(NC(=O)Cc2csc(SCc3ccccc3F)n2)cc1. The van der Waals surface area contributed by atoms with Crippen LogP contribution in [0.2, 0.25) is 0 Å². The van der Waals surface area contributed by atoms with Gasteiger partial charge in [0, 0.05) is 22.4 Å². The first-order valence-corrected chi connectivity index (χ1v) is 10.1. The Hall–Kier alpha value is -2.51. The summed E-state index contributed by atoms with van der Waals surface area (Å²) < 4.78 is 14.4. The molecule has 0 radical (unpaired) electrons. The van der Waals surface area contributed by atoms with Gasteiger partial charge in [-0.1, -0.05) is 30.0 Å². The maximum absolute atomic E-state index is 13.6. The fourth-order valence-electron chi connectivity index (χ4n) is 2.35. The molecule has 3 rings (SSSR count). The summed E-state index contributed by atoms with van der Waals surface area (Å²) in [4.78, 5) is 27.9. The van der Waals surface area contributed by atoms with Gasteiger partial charge in [0.2, 0.25) is 5.91 Å². The molecular formula is C20H17FN2O2S2. The van der Waals surface area contributed by atoms with Crippen molar-refractivity contribution in [3.05, 3.63) is 76.5 Å². The molecule has 0 unspecified atom stereocenters. The van der Waals surface area contributed by atoms with Crippen LogP contribution in [0.4, 0.5) is 10.1 Å². The van der Waals surface area contributed by atoms with E-state index in [2.05, 4.69) is 10.3 Å². The van der Waals surface area contributed by atoms with Crippen LogP contribution >= 0.6 is 23.1 Å². The van der Waals surface area contributed by atoms with Gasteiger partial charge in [0.15, 0.2) is 5.78 Å². The molecule has 0 atom stereocenters. The molecule has 138 valence electrons. The second-order valence-corrected chi connectivity index (χ2v) is 7.92. The lowest BCUT2D eigenvalue weighted by molar-refractivity contribution is -0.115. The summed E-state index contributed by atoms with van der Waals surface area (Å²) in [6.45, 7) is 1.50. The smallest absolute Gasteiger partial charge is 0.230 e. The topological polar surface area (TPSA) is 59.1 Å². The van der Waals surface area contributed by atoms with Crippen molar-refractivity contribution in [3.63, 3.8) is 0 Å². The van der Waals surface area contributed by atoms with Gasteiger partial charge in [0.1, 0.15) is 10.2 Å². The molecule has 0 aliphatic carbocycles. The number of hydrogen-bond donors (Lipinski definition) is 1. The Kier molecular flexibility index (Phi) is 6.36. The molecule has 2 aromatic carbocycles. The molecule has 1 heterocycles. The molecule has 3 aromatic rings. The molecule has 0 bridgehead atoms. The second-order valence-electron chi connectivity index (χ2n) is 5.84. The van der Waals surface area contributed by atoms with Crippen molar-refractivity contribution in [2.75, 3.05) is 5.32 Å². The number of ketones is 1. The van der Waals surface area contributed by atoms with Crippen LogP contribution in [0.5, 0.6) is 0 Å². The summed E-state index contributed by atoms with van der Waals surface area (Å²) >= 11 is 2.89.